The van der Waals surface area contributed by atoms with Crippen molar-refractivity contribution in [2.45, 2.75) is 128 Å². The molecule has 3 aliphatic rings. The van der Waals surface area contributed by atoms with Crippen LogP contribution in [0.5, 0.6) is 0 Å². The zero-order chi connectivity index (χ0) is 20.8. The molecule has 0 aromatic carbocycles. The van der Waals surface area contributed by atoms with Crippen molar-refractivity contribution in [3.05, 3.63) is 0 Å². The van der Waals surface area contributed by atoms with Crippen LogP contribution in [0, 0.1) is 23.7 Å². The Morgan fingerprint density at radius 2 is 1.69 bits per heavy atom. The first-order chi connectivity index (χ1) is 14.0. The average molecular weight is 415 g/mol. The monoisotopic (exact) mass is 414 g/mol. The Morgan fingerprint density at radius 1 is 0.931 bits per heavy atom. The predicted molar refractivity (Wildman–Crippen MR) is 115 cm³/mol. The fraction of sp³-hybridized carbons (Fsp3) is 1.00. The number of halogens is 2. The maximum absolute atomic E-state index is 14.6. The van der Waals surface area contributed by atoms with Crippen molar-refractivity contribution in [2.75, 3.05) is 6.61 Å². The van der Waals surface area contributed by atoms with Gasteiger partial charge in [-0.3, -0.25) is 0 Å². The summed E-state index contributed by atoms with van der Waals surface area (Å²) in [4.78, 5) is 0. The van der Waals surface area contributed by atoms with Gasteiger partial charge in [0.15, 0.2) is 12.3 Å². The zero-order valence-corrected chi connectivity index (χ0v) is 19.0. The van der Waals surface area contributed by atoms with Gasteiger partial charge in [-0.25, -0.2) is 8.78 Å². The lowest BCUT2D eigenvalue weighted by molar-refractivity contribution is -0.179. The summed E-state index contributed by atoms with van der Waals surface area (Å²) in [5, 5.41) is 0. The smallest absolute Gasteiger partial charge is 0.160 e. The van der Waals surface area contributed by atoms with Gasteiger partial charge in [0.05, 0.1) is 18.3 Å². The largest absolute Gasteiger partial charge is 0.375 e. The van der Waals surface area contributed by atoms with Crippen molar-refractivity contribution in [3.63, 3.8) is 0 Å². The lowest BCUT2D eigenvalue weighted by Crippen LogP contribution is -2.54. The van der Waals surface area contributed by atoms with Crippen molar-refractivity contribution in [3.8, 4) is 0 Å². The Hall–Kier alpha value is -0.220. The van der Waals surface area contributed by atoms with Crippen LogP contribution in [0.1, 0.15) is 97.8 Å². The van der Waals surface area contributed by atoms with Gasteiger partial charge in [-0.1, -0.05) is 52.4 Å². The Kier molecular flexibility index (Phi) is 9.23. The second-order valence-electron chi connectivity index (χ2n) is 10.3. The van der Waals surface area contributed by atoms with E-state index in [1.165, 1.54) is 44.9 Å². The molecule has 0 N–H and O–H groups in total. The topological polar surface area (TPSA) is 18.5 Å². The SMILES string of the molecule is CCCC(CCCCOC1CC2CCC(C)OC2C(F)C1F)C1CCC(C)CC1. The summed E-state index contributed by atoms with van der Waals surface area (Å²) >= 11 is 0. The number of alkyl halides is 2. The summed E-state index contributed by atoms with van der Waals surface area (Å²) in [6, 6.07) is 0. The Labute approximate surface area is 177 Å². The summed E-state index contributed by atoms with van der Waals surface area (Å²) in [6.07, 6.45) is 9.84. The second kappa shape index (κ2) is 11.4. The zero-order valence-electron chi connectivity index (χ0n) is 19.0. The molecule has 1 saturated heterocycles. The van der Waals surface area contributed by atoms with Crippen molar-refractivity contribution in [1.29, 1.82) is 0 Å². The first-order valence-electron chi connectivity index (χ1n) is 12.5. The number of ether oxygens (including phenoxy) is 2. The molecule has 170 valence electrons. The molecule has 7 unspecified atom stereocenters. The van der Waals surface area contributed by atoms with Gasteiger partial charge in [-0.2, -0.15) is 0 Å². The highest BCUT2D eigenvalue weighted by molar-refractivity contribution is 4.97. The molecule has 1 heterocycles. The van der Waals surface area contributed by atoms with Crippen LogP contribution in [-0.2, 0) is 9.47 Å². The van der Waals surface area contributed by atoms with Gasteiger partial charge in [0.2, 0.25) is 0 Å². The van der Waals surface area contributed by atoms with E-state index in [0.717, 1.165) is 43.4 Å². The maximum Gasteiger partial charge on any atom is 0.160 e. The number of hydrogen-bond donors (Lipinski definition) is 0. The number of hydrogen-bond acceptors (Lipinski definition) is 2. The van der Waals surface area contributed by atoms with Crippen molar-refractivity contribution in [1.82, 2.24) is 0 Å². The second-order valence-corrected chi connectivity index (χ2v) is 10.3. The molecule has 29 heavy (non-hydrogen) atoms. The molecule has 2 nitrogen and oxygen atoms in total. The van der Waals surface area contributed by atoms with Crippen molar-refractivity contribution >= 4 is 0 Å². The third kappa shape index (κ3) is 6.38. The van der Waals surface area contributed by atoms with Crippen molar-refractivity contribution < 1.29 is 18.3 Å². The summed E-state index contributed by atoms with van der Waals surface area (Å²) in [6.45, 7) is 7.20. The third-order valence-electron chi connectivity index (χ3n) is 7.99. The van der Waals surface area contributed by atoms with E-state index < -0.39 is 24.6 Å². The summed E-state index contributed by atoms with van der Waals surface area (Å²) in [7, 11) is 0. The molecule has 1 aliphatic heterocycles. The highest BCUT2D eigenvalue weighted by Crippen LogP contribution is 2.40. The summed E-state index contributed by atoms with van der Waals surface area (Å²) in [5.41, 5.74) is 0. The van der Waals surface area contributed by atoms with E-state index in [0.29, 0.717) is 13.0 Å². The minimum atomic E-state index is -1.54. The molecular weight excluding hydrogens is 370 g/mol. The van der Waals surface area contributed by atoms with Gasteiger partial charge in [0, 0.05) is 6.61 Å². The van der Waals surface area contributed by atoms with E-state index in [-0.39, 0.29) is 12.0 Å². The highest BCUT2D eigenvalue weighted by atomic mass is 19.2. The molecule has 0 bridgehead atoms. The summed E-state index contributed by atoms with van der Waals surface area (Å²) < 4.78 is 40.7. The minimum Gasteiger partial charge on any atom is -0.375 e. The standard InChI is InChI=1S/C25H44F2O2/c1-4-7-19(20-12-9-17(2)10-13-20)8-5-6-15-28-22-16-21-14-11-18(3)29-25(21)24(27)23(22)26/h17-25H,4-16H2,1-3H3. The molecule has 3 rings (SSSR count). The van der Waals surface area contributed by atoms with E-state index in [2.05, 4.69) is 13.8 Å². The molecule has 2 saturated carbocycles. The fourth-order valence-electron chi connectivity index (χ4n) is 6.11. The van der Waals surface area contributed by atoms with Crippen molar-refractivity contribution in [2.24, 2.45) is 23.7 Å². The Morgan fingerprint density at radius 3 is 2.41 bits per heavy atom. The van der Waals surface area contributed by atoms with E-state index in [1.807, 2.05) is 6.92 Å². The molecule has 7 atom stereocenters. The molecule has 0 radical (unpaired) electrons. The molecule has 0 aromatic heterocycles. The van der Waals surface area contributed by atoms with E-state index in [1.54, 1.807) is 0 Å². The normalized spacial score (nSPS) is 41.7. The Bertz CT molecular complexity index is 464. The number of rotatable bonds is 9. The first kappa shape index (κ1) is 23.4. The van der Waals surface area contributed by atoms with Crippen LogP contribution in [0.2, 0.25) is 0 Å². The van der Waals surface area contributed by atoms with Crippen LogP contribution in [0.25, 0.3) is 0 Å². The van der Waals surface area contributed by atoms with Crippen LogP contribution in [0.4, 0.5) is 8.78 Å². The lowest BCUT2D eigenvalue weighted by Gasteiger charge is -2.44. The maximum atomic E-state index is 14.6. The molecule has 3 fully saturated rings. The predicted octanol–water partition coefficient (Wildman–Crippen LogP) is 7.05. The van der Waals surface area contributed by atoms with Crippen LogP contribution >= 0.6 is 0 Å². The van der Waals surface area contributed by atoms with Gasteiger partial charge in [0.25, 0.3) is 0 Å². The molecule has 0 spiro atoms. The van der Waals surface area contributed by atoms with E-state index in [4.69, 9.17) is 9.47 Å². The van der Waals surface area contributed by atoms with Gasteiger partial charge in [0.1, 0.15) is 0 Å². The Balaban J connectivity index is 1.37. The molecule has 2 aliphatic carbocycles. The minimum absolute atomic E-state index is 0.0441. The lowest BCUT2D eigenvalue weighted by atomic mass is 9.73. The van der Waals surface area contributed by atoms with E-state index >= 15 is 0 Å². The van der Waals surface area contributed by atoms with Gasteiger partial charge in [-0.05, 0) is 69.1 Å². The van der Waals surface area contributed by atoms with Crippen LogP contribution in [-0.4, -0.2) is 37.3 Å². The molecule has 0 aromatic rings. The average Bonchev–Trinajstić information content (AvgIpc) is 2.71. The molecule has 4 heteroatoms. The number of unbranched alkanes of at least 4 members (excludes halogenated alkanes) is 1. The number of fused-ring (bicyclic) bond motifs is 1. The molecular formula is C25H44F2O2. The van der Waals surface area contributed by atoms with E-state index in [9.17, 15) is 8.78 Å². The fourth-order valence-corrected chi connectivity index (χ4v) is 6.11. The summed E-state index contributed by atoms with van der Waals surface area (Å²) in [5.74, 6) is 2.76. The van der Waals surface area contributed by atoms with Gasteiger partial charge in [-0.15, -0.1) is 0 Å². The van der Waals surface area contributed by atoms with Crippen LogP contribution < -0.4 is 0 Å². The quantitative estimate of drug-likeness (QED) is 0.376. The first-order valence-corrected chi connectivity index (χ1v) is 12.5. The van der Waals surface area contributed by atoms with Gasteiger partial charge < -0.3 is 9.47 Å². The third-order valence-corrected chi connectivity index (χ3v) is 7.99. The van der Waals surface area contributed by atoms with Gasteiger partial charge >= 0.3 is 0 Å². The van der Waals surface area contributed by atoms with Crippen LogP contribution in [0.15, 0.2) is 0 Å². The highest BCUT2D eigenvalue weighted by Gasteiger charge is 2.48. The van der Waals surface area contributed by atoms with Crippen LogP contribution in [0.3, 0.4) is 0 Å². The molecule has 0 amide bonds.